The second kappa shape index (κ2) is 8.44. The molecule has 0 aliphatic heterocycles. The fourth-order valence-corrected chi connectivity index (χ4v) is 2.36. The molecular formula is C20H24N2O3. The topological polar surface area (TPSA) is 78.4 Å². The van der Waals surface area contributed by atoms with Crippen LogP contribution in [0.15, 0.2) is 54.6 Å². The lowest BCUT2D eigenvalue weighted by atomic mass is 9.90. The molecule has 2 rings (SSSR count). The summed E-state index contributed by atoms with van der Waals surface area (Å²) in [5, 5.41) is 14.2. The molecule has 0 radical (unpaired) electrons. The second-order valence-corrected chi connectivity index (χ2v) is 6.72. The predicted molar refractivity (Wildman–Crippen MR) is 99.0 cm³/mol. The van der Waals surface area contributed by atoms with Gasteiger partial charge in [0.2, 0.25) is 0 Å². The molecule has 2 amide bonds. The van der Waals surface area contributed by atoms with Gasteiger partial charge in [-0.15, -0.1) is 0 Å². The SMILES string of the molecule is CC(C)(CCO)CNC(=O)C(=O)Nc1ccc(-c2ccccc2)cc1. The Morgan fingerprint density at radius 3 is 2.12 bits per heavy atom. The fraction of sp³-hybridized carbons (Fsp3) is 0.300. The number of hydrogen-bond donors (Lipinski definition) is 3. The molecule has 0 atom stereocenters. The molecule has 0 heterocycles. The van der Waals surface area contributed by atoms with Gasteiger partial charge in [-0.1, -0.05) is 56.3 Å². The van der Waals surface area contributed by atoms with Gasteiger partial charge in [0.05, 0.1) is 0 Å². The summed E-state index contributed by atoms with van der Waals surface area (Å²) in [4.78, 5) is 23.9. The van der Waals surface area contributed by atoms with Crippen LogP contribution in [-0.2, 0) is 9.59 Å². The average Bonchev–Trinajstić information content (AvgIpc) is 2.61. The van der Waals surface area contributed by atoms with E-state index in [9.17, 15) is 9.59 Å². The molecule has 2 aromatic rings. The Hall–Kier alpha value is -2.66. The number of nitrogens with one attached hydrogen (secondary N) is 2. The first-order valence-corrected chi connectivity index (χ1v) is 8.27. The van der Waals surface area contributed by atoms with Gasteiger partial charge in [-0.05, 0) is 35.1 Å². The third-order valence-corrected chi connectivity index (χ3v) is 3.97. The number of hydrogen-bond acceptors (Lipinski definition) is 3. The Bertz CT molecular complexity index is 709. The number of amides is 2. The number of anilines is 1. The lowest BCUT2D eigenvalue weighted by Gasteiger charge is -2.23. The maximum Gasteiger partial charge on any atom is 0.313 e. The molecule has 132 valence electrons. The van der Waals surface area contributed by atoms with Gasteiger partial charge in [0.1, 0.15) is 0 Å². The van der Waals surface area contributed by atoms with Crippen LogP contribution in [-0.4, -0.2) is 30.1 Å². The lowest BCUT2D eigenvalue weighted by molar-refractivity contribution is -0.136. The van der Waals surface area contributed by atoms with Crippen molar-refractivity contribution in [1.29, 1.82) is 0 Å². The number of carbonyl (C=O) groups is 2. The Morgan fingerprint density at radius 2 is 1.52 bits per heavy atom. The normalized spacial score (nSPS) is 11.0. The minimum Gasteiger partial charge on any atom is -0.396 e. The average molecular weight is 340 g/mol. The molecule has 3 N–H and O–H groups in total. The maximum atomic E-state index is 12.0. The molecule has 0 spiro atoms. The van der Waals surface area contributed by atoms with E-state index >= 15 is 0 Å². The van der Waals surface area contributed by atoms with Crippen LogP contribution in [0.25, 0.3) is 11.1 Å². The Balaban J connectivity index is 1.91. The van der Waals surface area contributed by atoms with Crippen LogP contribution in [0.3, 0.4) is 0 Å². The zero-order valence-electron chi connectivity index (χ0n) is 14.6. The zero-order valence-corrected chi connectivity index (χ0v) is 14.6. The smallest absolute Gasteiger partial charge is 0.313 e. The zero-order chi connectivity index (χ0) is 18.3. The first kappa shape index (κ1) is 18.7. The van der Waals surface area contributed by atoms with E-state index in [0.717, 1.165) is 11.1 Å². The van der Waals surface area contributed by atoms with Crippen LogP contribution < -0.4 is 10.6 Å². The van der Waals surface area contributed by atoms with Crippen LogP contribution >= 0.6 is 0 Å². The van der Waals surface area contributed by atoms with Crippen molar-refractivity contribution < 1.29 is 14.7 Å². The minimum atomic E-state index is -0.702. The highest BCUT2D eigenvalue weighted by molar-refractivity contribution is 6.39. The second-order valence-electron chi connectivity index (χ2n) is 6.72. The van der Waals surface area contributed by atoms with Crippen molar-refractivity contribution in [2.24, 2.45) is 5.41 Å². The minimum absolute atomic E-state index is 0.0445. The highest BCUT2D eigenvalue weighted by Gasteiger charge is 2.21. The summed E-state index contributed by atoms with van der Waals surface area (Å²) in [5.74, 6) is -1.38. The Morgan fingerprint density at radius 1 is 0.920 bits per heavy atom. The van der Waals surface area contributed by atoms with Crippen molar-refractivity contribution in [2.45, 2.75) is 20.3 Å². The van der Waals surface area contributed by atoms with E-state index in [4.69, 9.17) is 5.11 Å². The van der Waals surface area contributed by atoms with Crippen molar-refractivity contribution in [3.63, 3.8) is 0 Å². The van der Waals surface area contributed by atoms with Crippen LogP contribution in [0.1, 0.15) is 20.3 Å². The quantitative estimate of drug-likeness (QED) is 0.708. The molecule has 5 heteroatoms. The van der Waals surface area contributed by atoms with Gasteiger partial charge in [-0.25, -0.2) is 0 Å². The summed E-state index contributed by atoms with van der Waals surface area (Å²) in [6, 6.07) is 17.2. The number of benzene rings is 2. The van der Waals surface area contributed by atoms with Gasteiger partial charge in [0.25, 0.3) is 0 Å². The summed E-state index contributed by atoms with van der Waals surface area (Å²) >= 11 is 0. The number of rotatable bonds is 6. The van der Waals surface area contributed by atoms with E-state index in [0.29, 0.717) is 18.7 Å². The van der Waals surface area contributed by atoms with Crippen molar-refractivity contribution in [1.82, 2.24) is 5.32 Å². The predicted octanol–water partition coefficient (Wildman–Crippen LogP) is 2.82. The highest BCUT2D eigenvalue weighted by Crippen LogP contribution is 2.21. The largest absolute Gasteiger partial charge is 0.396 e. The lowest BCUT2D eigenvalue weighted by Crippen LogP contribution is -2.40. The summed E-state index contributed by atoms with van der Waals surface area (Å²) in [6.45, 7) is 4.21. The standard InChI is InChI=1S/C20H24N2O3/c1-20(2,12-13-23)14-21-18(24)19(25)22-17-10-8-16(9-11-17)15-6-4-3-5-7-15/h3-11,23H,12-14H2,1-2H3,(H,21,24)(H,22,25). The maximum absolute atomic E-state index is 12.0. The third kappa shape index (κ3) is 5.72. The molecule has 0 aromatic heterocycles. The first-order chi connectivity index (χ1) is 11.9. The molecule has 0 aliphatic carbocycles. The van der Waals surface area contributed by atoms with Gasteiger partial charge in [-0.2, -0.15) is 0 Å². The fourth-order valence-electron chi connectivity index (χ4n) is 2.36. The Kier molecular flexibility index (Phi) is 6.31. The van der Waals surface area contributed by atoms with Crippen LogP contribution in [0.5, 0.6) is 0 Å². The van der Waals surface area contributed by atoms with Gasteiger partial charge >= 0.3 is 11.8 Å². The number of aliphatic hydroxyl groups is 1. The number of aliphatic hydroxyl groups excluding tert-OH is 1. The van der Waals surface area contributed by atoms with E-state index in [2.05, 4.69) is 10.6 Å². The van der Waals surface area contributed by atoms with Gasteiger partial charge < -0.3 is 15.7 Å². The molecule has 0 saturated carbocycles. The summed E-state index contributed by atoms with van der Waals surface area (Å²) in [7, 11) is 0. The molecule has 0 aliphatic rings. The van der Waals surface area contributed by atoms with Crippen molar-refractivity contribution >= 4 is 17.5 Å². The molecule has 0 saturated heterocycles. The van der Waals surface area contributed by atoms with Crippen LogP contribution in [0.2, 0.25) is 0 Å². The van der Waals surface area contributed by atoms with E-state index in [1.54, 1.807) is 12.1 Å². The summed E-state index contributed by atoms with van der Waals surface area (Å²) in [6.07, 6.45) is 0.551. The van der Waals surface area contributed by atoms with Crippen molar-refractivity contribution in [3.05, 3.63) is 54.6 Å². The first-order valence-electron chi connectivity index (χ1n) is 8.27. The molecular weight excluding hydrogens is 316 g/mol. The molecule has 0 bridgehead atoms. The Labute approximate surface area is 148 Å². The van der Waals surface area contributed by atoms with E-state index in [1.165, 1.54) is 0 Å². The van der Waals surface area contributed by atoms with Gasteiger partial charge in [-0.3, -0.25) is 9.59 Å². The molecule has 5 nitrogen and oxygen atoms in total. The van der Waals surface area contributed by atoms with E-state index in [-0.39, 0.29) is 12.0 Å². The van der Waals surface area contributed by atoms with Crippen LogP contribution in [0, 0.1) is 5.41 Å². The molecule has 0 unspecified atom stereocenters. The third-order valence-electron chi connectivity index (χ3n) is 3.97. The van der Waals surface area contributed by atoms with E-state index < -0.39 is 11.8 Å². The van der Waals surface area contributed by atoms with Crippen molar-refractivity contribution in [2.75, 3.05) is 18.5 Å². The monoisotopic (exact) mass is 340 g/mol. The van der Waals surface area contributed by atoms with Crippen LogP contribution in [0.4, 0.5) is 5.69 Å². The summed E-state index contributed by atoms with van der Waals surface area (Å²) in [5.41, 5.74) is 2.43. The van der Waals surface area contributed by atoms with E-state index in [1.807, 2.05) is 56.3 Å². The highest BCUT2D eigenvalue weighted by atomic mass is 16.3. The molecule has 0 fully saturated rings. The van der Waals surface area contributed by atoms with Crippen molar-refractivity contribution in [3.8, 4) is 11.1 Å². The van der Waals surface area contributed by atoms with Gasteiger partial charge in [0, 0.05) is 18.8 Å². The molecule has 25 heavy (non-hydrogen) atoms. The van der Waals surface area contributed by atoms with Gasteiger partial charge in [0.15, 0.2) is 0 Å². The summed E-state index contributed by atoms with van der Waals surface area (Å²) < 4.78 is 0. The number of carbonyl (C=O) groups excluding carboxylic acids is 2. The molecule has 2 aromatic carbocycles.